The first-order valence-corrected chi connectivity index (χ1v) is 11.9. The molecule has 0 bridgehead atoms. The minimum absolute atomic E-state index is 0.340. The highest BCUT2D eigenvalue weighted by molar-refractivity contribution is 5.99. The van der Waals surface area contributed by atoms with E-state index in [0.29, 0.717) is 10.9 Å². The zero-order valence-corrected chi connectivity index (χ0v) is 21.0. The van der Waals surface area contributed by atoms with Crippen molar-refractivity contribution in [1.29, 1.82) is 0 Å². The van der Waals surface area contributed by atoms with Gasteiger partial charge in [0.2, 0.25) is 0 Å². The van der Waals surface area contributed by atoms with Crippen LogP contribution in [-0.2, 0) is 14.1 Å². The molecule has 6 rings (SSSR count). The largest absolute Gasteiger partial charge is 0.497 e. The summed E-state index contributed by atoms with van der Waals surface area (Å²) in [4.78, 5) is 26.9. The summed E-state index contributed by atoms with van der Waals surface area (Å²) < 4.78 is 15.7. The molecule has 8 heteroatoms. The van der Waals surface area contributed by atoms with E-state index < -0.39 is 0 Å². The average Bonchev–Trinajstić information content (AvgIpc) is 3.31. The molecule has 37 heavy (non-hydrogen) atoms. The lowest BCUT2D eigenvalue weighted by Gasteiger charge is -2.31. The zero-order valence-electron chi connectivity index (χ0n) is 21.0. The van der Waals surface area contributed by atoms with Gasteiger partial charge < -0.3 is 19.4 Å². The van der Waals surface area contributed by atoms with E-state index in [1.54, 1.807) is 25.8 Å². The van der Waals surface area contributed by atoms with Crippen LogP contribution in [0, 0.1) is 0 Å². The van der Waals surface area contributed by atoms with Crippen molar-refractivity contribution in [1.82, 2.24) is 13.7 Å². The molecule has 0 saturated carbocycles. The molecule has 1 aliphatic heterocycles. The highest BCUT2D eigenvalue weighted by Crippen LogP contribution is 2.45. The van der Waals surface area contributed by atoms with Gasteiger partial charge in [-0.25, -0.2) is 4.79 Å². The second-order valence-corrected chi connectivity index (χ2v) is 9.10. The lowest BCUT2D eigenvalue weighted by atomic mass is 9.99. The minimum Gasteiger partial charge on any atom is -0.497 e. The standard InChI is InChI=1S/C29H26N4O4/c1-31-26-23(28(34)32(2)29(31)35)25(17-12-14-19(36-3)15-13-17)33-22-11-6-5-10-21(22)30-24(27(26)33)18-8-7-9-20(16-18)37-4/h5-16,24,30H,1-4H3/t24-/m0/s1. The Morgan fingerprint density at radius 1 is 0.811 bits per heavy atom. The van der Waals surface area contributed by atoms with Crippen LogP contribution >= 0.6 is 0 Å². The number of hydrogen-bond donors (Lipinski definition) is 1. The van der Waals surface area contributed by atoms with Gasteiger partial charge in [0, 0.05) is 14.1 Å². The molecule has 1 atom stereocenters. The predicted molar refractivity (Wildman–Crippen MR) is 144 cm³/mol. The van der Waals surface area contributed by atoms with Crippen LogP contribution in [0.1, 0.15) is 17.3 Å². The fraction of sp³-hybridized carbons (Fsp3) is 0.172. The van der Waals surface area contributed by atoms with Crippen LogP contribution in [-0.4, -0.2) is 27.9 Å². The van der Waals surface area contributed by atoms with Crippen LogP contribution < -0.4 is 26.0 Å². The third-order valence-corrected chi connectivity index (χ3v) is 7.12. The highest BCUT2D eigenvalue weighted by Gasteiger charge is 2.34. The first kappa shape index (κ1) is 22.7. The van der Waals surface area contributed by atoms with Gasteiger partial charge in [-0.05, 0) is 59.7 Å². The molecule has 8 nitrogen and oxygen atoms in total. The molecule has 1 N–H and O–H groups in total. The molecule has 0 amide bonds. The van der Waals surface area contributed by atoms with Crippen LogP contribution in [0.3, 0.4) is 0 Å². The maximum atomic E-state index is 13.8. The number of methoxy groups -OCH3 is 2. The van der Waals surface area contributed by atoms with Crippen molar-refractivity contribution in [3.63, 3.8) is 0 Å². The number of para-hydroxylation sites is 2. The highest BCUT2D eigenvalue weighted by atomic mass is 16.5. The molecule has 0 fully saturated rings. The molecular formula is C29H26N4O4. The summed E-state index contributed by atoms with van der Waals surface area (Å²) in [5.74, 6) is 1.44. The smallest absolute Gasteiger partial charge is 0.331 e. The molecule has 3 aromatic carbocycles. The molecule has 186 valence electrons. The van der Waals surface area contributed by atoms with Gasteiger partial charge in [0.25, 0.3) is 5.56 Å². The Morgan fingerprint density at radius 3 is 2.27 bits per heavy atom. The first-order chi connectivity index (χ1) is 17.9. The molecule has 3 heterocycles. The molecule has 0 aliphatic carbocycles. The van der Waals surface area contributed by atoms with Crippen molar-refractivity contribution in [2.75, 3.05) is 19.5 Å². The molecule has 5 aromatic rings. The maximum absolute atomic E-state index is 13.8. The number of benzene rings is 3. The third kappa shape index (κ3) is 3.29. The normalized spacial score (nSPS) is 14.1. The third-order valence-electron chi connectivity index (χ3n) is 7.12. The number of fused-ring (bicyclic) bond motifs is 5. The van der Waals surface area contributed by atoms with E-state index in [1.807, 2.05) is 72.8 Å². The van der Waals surface area contributed by atoms with Crippen molar-refractivity contribution >= 4 is 16.6 Å². The van der Waals surface area contributed by atoms with Crippen molar-refractivity contribution in [2.24, 2.45) is 14.1 Å². The fourth-order valence-corrected chi connectivity index (χ4v) is 5.31. The van der Waals surface area contributed by atoms with E-state index in [2.05, 4.69) is 9.88 Å². The second kappa shape index (κ2) is 8.44. The average molecular weight is 495 g/mol. The Hall–Kier alpha value is -4.72. The Balaban J connectivity index is 1.82. The first-order valence-electron chi connectivity index (χ1n) is 11.9. The Bertz CT molecular complexity index is 1790. The SMILES string of the molecule is COc1ccc(-c2c3c(=O)n(C)c(=O)n(C)c3c3n2-c2ccccc2N[C@H]3c2cccc(OC)c2)cc1. The monoisotopic (exact) mass is 494 g/mol. The molecule has 0 spiro atoms. The van der Waals surface area contributed by atoms with Crippen molar-refractivity contribution in [3.8, 4) is 28.4 Å². The van der Waals surface area contributed by atoms with E-state index in [0.717, 1.165) is 45.4 Å². The molecular weight excluding hydrogens is 468 g/mol. The Morgan fingerprint density at radius 2 is 1.54 bits per heavy atom. The number of aryl methyl sites for hydroxylation is 1. The van der Waals surface area contributed by atoms with E-state index >= 15 is 0 Å². The second-order valence-electron chi connectivity index (χ2n) is 9.10. The van der Waals surface area contributed by atoms with E-state index in [4.69, 9.17) is 9.47 Å². The van der Waals surface area contributed by atoms with Crippen molar-refractivity contribution in [2.45, 2.75) is 6.04 Å². The van der Waals surface area contributed by atoms with Crippen LogP contribution in [0.15, 0.2) is 82.4 Å². The number of nitrogens with one attached hydrogen (secondary N) is 1. The summed E-state index contributed by atoms with van der Waals surface area (Å²) in [6.07, 6.45) is 0. The number of rotatable bonds is 4. The van der Waals surface area contributed by atoms with Crippen LogP contribution in [0.2, 0.25) is 0 Å². The quantitative estimate of drug-likeness (QED) is 0.405. The van der Waals surface area contributed by atoms with Crippen LogP contribution in [0.5, 0.6) is 11.5 Å². The van der Waals surface area contributed by atoms with Gasteiger partial charge in [-0.1, -0.05) is 24.3 Å². The van der Waals surface area contributed by atoms with E-state index in [1.165, 1.54) is 11.6 Å². The van der Waals surface area contributed by atoms with Gasteiger partial charge in [-0.15, -0.1) is 0 Å². The number of anilines is 1. The summed E-state index contributed by atoms with van der Waals surface area (Å²) in [5.41, 5.74) is 5.01. The maximum Gasteiger partial charge on any atom is 0.331 e. The molecule has 0 saturated heterocycles. The number of ether oxygens (including phenoxy) is 2. The van der Waals surface area contributed by atoms with Crippen LogP contribution in [0.4, 0.5) is 5.69 Å². The summed E-state index contributed by atoms with van der Waals surface area (Å²) in [5, 5.41) is 4.14. The Labute approximate surface area is 212 Å². The van der Waals surface area contributed by atoms with Gasteiger partial charge in [-0.2, -0.15) is 0 Å². The summed E-state index contributed by atoms with van der Waals surface area (Å²) in [7, 11) is 6.49. The van der Waals surface area contributed by atoms with E-state index in [9.17, 15) is 9.59 Å². The van der Waals surface area contributed by atoms with Gasteiger partial charge >= 0.3 is 5.69 Å². The molecule has 2 aromatic heterocycles. The van der Waals surface area contributed by atoms with Gasteiger partial charge in [0.05, 0.1) is 53.9 Å². The predicted octanol–water partition coefficient (Wildman–Crippen LogP) is 4.23. The number of aromatic nitrogens is 3. The Kier molecular flexibility index (Phi) is 5.19. The van der Waals surface area contributed by atoms with Gasteiger partial charge in [-0.3, -0.25) is 13.9 Å². The topological polar surface area (TPSA) is 79.4 Å². The van der Waals surface area contributed by atoms with Gasteiger partial charge in [0.1, 0.15) is 11.5 Å². The lowest BCUT2D eigenvalue weighted by molar-refractivity contribution is 0.414. The summed E-state index contributed by atoms with van der Waals surface area (Å²) in [6.45, 7) is 0. The molecule has 0 radical (unpaired) electrons. The lowest BCUT2D eigenvalue weighted by Crippen LogP contribution is -2.37. The summed E-state index contributed by atoms with van der Waals surface area (Å²) >= 11 is 0. The van der Waals surface area contributed by atoms with Crippen molar-refractivity contribution < 1.29 is 9.47 Å². The minimum atomic E-state index is -0.379. The molecule has 0 unspecified atom stereocenters. The zero-order chi connectivity index (χ0) is 25.8. The van der Waals surface area contributed by atoms with Crippen LogP contribution in [0.25, 0.3) is 27.8 Å². The number of hydrogen-bond acceptors (Lipinski definition) is 5. The number of nitrogens with zero attached hydrogens (tertiary/aromatic N) is 3. The summed E-state index contributed by atoms with van der Waals surface area (Å²) in [6, 6.07) is 23.1. The fourth-order valence-electron chi connectivity index (χ4n) is 5.31. The van der Waals surface area contributed by atoms with Gasteiger partial charge in [0.15, 0.2) is 0 Å². The molecule has 1 aliphatic rings. The van der Waals surface area contributed by atoms with E-state index in [-0.39, 0.29) is 17.3 Å². The van der Waals surface area contributed by atoms with Crippen molar-refractivity contribution in [3.05, 3.63) is 105 Å².